The van der Waals surface area contributed by atoms with E-state index in [0.29, 0.717) is 12.0 Å². The summed E-state index contributed by atoms with van der Waals surface area (Å²) >= 11 is 0. The van der Waals surface area contributed by atoms with Crippen molar-refractivity contribution in [2.45, 2.75) is 39.8 Å². The lowest BCUT2D eigenvalue weighted by Crippen LogP contribution is -2.53. The zero-order chi connectivity index (χ0) is 15.2. The largest absolute Gasteiger partial charge is 0.396 e. The van der Waals surface area contributed by atoms with Gasteiger partial charge in [-0.05, 0) is 24.8 Å². The standard InChI is InChI=1S/C18H30N2O/c1-15(2)12-20-9-8-19(14-18(20)7-10-21)13-17-6-4-5-16(3)11-17/h4-6,11,15,18,21H,7-10,12-14H2,1-3H3. The van der Waals surface area contributed by atoms with Crippen molar-refractivity contribution < 1.29 is 5.11 Å². The Morgan fingerprint density at radius 3 is 2.76 bits per heavy atom. The van der Waals surface area contributed by atoms with E-state index in [1.807, 2.05) is 0 Å². The fourth-order valence-electron chi connectivity index (χ4n) is 3.30. The molecule has 1 heterocycles. The van der Waals surface area contributed by atoms with Crippen molar-refractivity contribution in [1.29, 1.82) is 0 Å². The first-order valence-corrected chi connectivity index (χ1v) is 8.21. The molecule has 3 heteroatoms. The van der Waals surface area contributed by atoms with Crippen LogP contribution in [0, 0.1) is 12.8 Å². The Morgan fingerprint density at radius 1 is 1.29 bits per heavy atom. The Labute approximate surface area is 129 Å². The monoisotopic (exact) mass is 290 g/mol. The second-order valence-electron chi connectivity index (χ2n) is 6.78. The van der Waals surface area contributed by atoms with Gasteiger partial charge in [0.25, 0.3) is 0 Å². The average molecular weight is 290 g/mol. The van der Waals surface area contributed by atoms with Crippen LogP contribution >= 0.6 is 0 Å². The van der Waals surface area contributed by atoms with Crippen LogP contribution in [0.3, 0.4) is 0 Å². The third-order valence-electron chi connectivity index (χ3n) is 4.24. The molecule has 21 heavy (non-hydrogen) atoms. The highest BCUT2D eigenvalue weighted by Crippen LogP contribution is 2.17. The number of aliphatic hydroxyl groups excluding tert-OH is 1. The van der Waals surface area contributed by atoms with Gasteiger partial charge >= 0.3 is 0 Å². The van der Waals surface area contributed by atoms with Gasteiger partial charge in [-0.2, -0.15) is 0 Å². The molecule has 1 aliphatic heterocycles. The van der Waals surface area contributed by atoms with Gasteiger partial charge in [0, 0.05) is 45.4 Å². The summed E-state index contributed by atoms with van der Waals surface area (Å²) in [6.07, 6.45) is 0.886. The third kappa shape index (κ3) is 5.10. The second-order valence-corrected chi connectivity index (χ2v) is 6.78. The van der Waals surface area contributed by atoms with E-state index in [2.05, 4.69) is 54.8 Å². The molecule has 2 rings (SSSR count). The van der Waals surface area contributed by atoms with Crippen molar-refractivity contribution in [1.82, 2.24) is 9.80 Å². The second kappa shape index (κ2) is 7.92. The normalized spacial score (nSPS) is 21.1. The molecule has 0 saturated carbocycles. The highest BCUT2D eigenvalue weighted by molar-refractivity contribution is 5.22. The Balaban J connectivity index is 1.94. The molecule has 0 aliphatic carbocycles. The van der Waals surface area contributed by atoms with Crippen LogP contribution in [-0.4, -0.2) is 53.7 Å². The summed E-state index contributed by atoms with van der Waals surface area (Å²) in [6, 6.07) is 9.29. The predicted octanol–water partition coefficient (Wildman–Crippen LogP) is 2.52. The first-order valence-electron chi connectivity index (χ1n) is 8.21. The molecule has 1 saturated heterocycles. The lowest BCUT2D eigenvalue weighted by Gasteiger charge is -2.42. The Kier molecular flexibility index (Phi) is 6.22. The molecule has 0 radical (unpaired) electrons. The molecule has 3 nitrogen and oxygen atoms in total. The van der Waals surface area contributed by atoms with Crippen LogP contribution in [0.5, 0.6) is 0 Å². The quantitative estimate of drug-likeness (QED) is 0.872. The Bertz CT molecular complexity index is 433. The van der Waals surface area contributed by atoms with Gasteiger partial charge in [-0.15, -0.1) is 0 Å². The summed E-state index contributed by atoms with van der Waals surface area (Å²) in [6.45, 7) is 12.5. The molecule has 1 atom stereocenters. The zero-order valence-electron chi connectivity index (χ0n) is 13.8. The molecule has 118 valence electrons. The molecule has 1 unspecified atom stereocenters. The molecular formula is C18H30N2O. The molecule has 0 amide bonds. The third-order valence-corrected chi connectivity index (χ3v) is 4.24. The summed E-state index contributed by atoms with van der Waals surface area (Å²) in [5, 5.41) is 9.34. The van der Waals surface area contributed by atoms with Crippen molar-refractivity contribution in [2.75, 3.05) is 32.8 Å². The van der Waals surface area contributed by atoms with Gasteiger partial charge in [-0.25, -0.2) is 0 Å². The number of nitrogens with zero attached hydrogens (tertiary/aromatic N) is 2. The average Bonchev–Trinajstić information content (AvgIpc) is 2.41. The predicted molar refractivity (Wildman–Crippen MR) is 88.4 cm³/mol. The zero-order valence-corrected chi connectivity index (χ0v) is 13.8. The lowest BCUT2D eigenvalue weighted by atomic mass is 10.0. The minimum absolute atomic E-state index is 0.289. The van der Waals surface area contributed by atoms with Gasteiger partial charge in [-0.3, -0.25) is 9.80 Å². The summed E-state index contributed by atoms with van der Waals surface area (Å²) in [5.74, 6) is 0.689. The van der Waals surface area contributed by atoms with Crippen molar-refractivity contribution in [3.8, 4) is 0 Å². The highest BCUT2D eigenvalue weighted by Gasteiger charge is 2.26. The maximum Gasteiger partial charge on any atom is 0.0446 e. The van der Waals surface area contributed by atoms with Crippen LogP contribution in [0.2, 0.25) is 0 Å². The Morgan fingerprint density at radius 2 is 2.10 bits per heavy atom. The van der Waals surface area contributed by atoms with Gasteiger partial charge in [0.2, 0.25) is 0 Å². The van der Waals surface area contributed by atoms with E-state index in [1.54, 1.807) is 0 Å². The van der Waals surface area contributed by atoms with Crippen LogP contribution < -0.4 is 0 Å². The van der Waals surface area contributed by atoms with E-state index in [-0.39, 0.29) is 6.61 Å². The van der Waals surface area contributed by atoms with Crippen LogP contribution in [0.4, 0.5) is 0 Å². The van der Waals surface area contributed by atoms with Crippen LogP contribution in [-0.2, 0) is 6.54 Å². The maximum atomic E-state index is 9.34. The van der Waals surface area contributed by atoms with E-state index in [4.69, 9.17) is 0 Å². The van der Waals surface area contributed by atoms with Gasteiger partial charge in [-0.1, -0.05) is 43.7 Å². The van der Waals surface area contributed by atoms with E-state index in [1.165, 1.54) is 11.1 Å². The summed E-state index contributed by atoms with van der Waals surface area (Å²) in [5.41, 5.74) is 2.73. The number of aryl methyl sites for hydroxylation is 1. The topological polar surface area (TPSA) is 26.7 Å². The van der Waals surface area contributed by atoms with Gasteiger partial charge in [0.1, 0.15) is 0 Å². The van der Waals surface area contributed by atoms with Crippen molar-refractivity contribution in [2.24, 2.45) is 5.92 Å². The van der Waals surface area contributed by atoms with Crippen LogP contribution in [0.25, 0.3) is 0 Å². The van der Waals surface area contributed by atoms with E-state index in [9.17, 15) is 5.11 Å². The highest BCUT2D eigenvalue weighted by atomic mass is 16.3. The van der Waals surface area contributed by atoms with Crippen LogP contribution in [0.15, 0.2) is 24.3 Å². The van der Waals surface area contributed by atoms with Gasteiger partial charge in [0.05, 0.1) is 0 Å². The molecule has 0 bridgehead atoms. The van der Waals surface area contributed by atoms with Crippen molar-refractivity contribution >= 4 is 0 Å². The fraction of sp³-hybridized carbons (Fsp3) is 0.667. The van der Waals surface area contributed by atoms with E-state index >= 15 is 0 Å². The molecular weight excluding hydrogens is 260 g/mol. The molecule has 0 aromatic heterocycles. The lowest BCUT2D eigenvalue weighted by molar-refractivity contribution is 0.0477. The molecule has 1 aliphatic rings. The number of hydrogen-bond donors (Lipinski definition) is 1. The number of hydrogen-bond acceptors (Lipinski definition) is 3. The summed E-state index contributed by atoms with van der Waals surface area (Å²) in [4.78, 5) is 5.10. The maximum absolute atomic E-state index is 9.34. The summed E-state index contributed by atoms with van der Waals surface area (Å²) < 4.78 is 0. The first-order chi connectivity index (χ1) is 10.1. The SMILES string of the molecule is Cc1cccc(CN2CCN(CC(C)C)C(CCO)C2)c1. The molecule has 1 aromatic rings. The number of aliphatic hydroxyl groups is 1. The number of rotatable bonds is 6. The van der Waals surface area contributed by atoms with Gasteiger partial charge < -0.3 is 5.11 Å². The number of benzene rings is 1. The fourth-order valence-corrected chi connectivity index (χ4v) is 3.30. The van der Waals surface area contributed by atoms with Gasteiger partial charge in [0.15, 0.2) is 0 Å². The van der Waals surface area contributed by atoms with Crippen LogP contribution in [0.1, 0.15) is 31.4 Å². The molecule has 1 aromatic carbocycles. The Hall–Kier alpha value is -0.900. The minimum Gasteiger partial charge on any atom is -0.396 e. The minimum atomic E-state index is 0.289. The molecule has 1 fully saturated rings. The molecule has 0 spiro atoms. The smallest absolute Gasteiger partial charge is 0.0446 e. The van der Waals surface area contributed by atoms with E-state index < -0.39 is 0 Å². The van der Waals surface area contributed by atoms with Crippen molar-refractivity contribution in [3.63, 3.8) is 0 Å². The molecule has 1 N–H and O–H groups in total. The first kappa shape index (κ1) is 16.5. The summed E-state index contributed by atoms with van der Waals surface area (Å²) in [7, 11) is 0. The van der Waals surface area contributed by atoms with E-state index in [0.717, 1.165) is 39.1 Å². The van der Waals surface area contributed by atoms with Crippen molar-refractivity contribution in [3.05, 3.63) is 35.4 Å². The number of piperazine rings is 1.